The van der Waals surface area contributed by atoms with Gasteiger partial charge in [0.2, 0.25) is 6.10 Å². The number of rotatable bonds is 7. The van der Waals surface area contributed by atoms with Crippen molar-refractivity contribution in [2.24, 2.45) is 0 Å². The Morgan fingerprint density at radius 2 is 1.69 bits per heavy atom. The molecule has 0 aromatic heterocycles. The van der Waals surface area contributed by atoms with Crippen LogP contribution < -0.4 is 20.4 Å². The fourth-order valence-corrected chi connectivity index (χ4v) is 7.20. The van der Waals surface area contributed by atoms with Gasteiger partial charge >= 0.3 is 5.97 Å². The first-order valence-electron chi connectivity index (χ1n) is 10.0. The van der Waals surface area contributed by atoms with Crippen LogP contribution in [0.3, 0.4) is 0 Å². The number of hydrogen-bond donors (Lipinski definition) is 1. The summed E-state index contributed by atoms with van der Waals surface area (Å²) in [7, 11) is 0. The molecule has 4 rings (SSSR count). The van der Waals surface area contributed by atoms with E-state index in [0.29, 0.717) is 11.3 Å². The summed E-state index contributed by atoms with van der Waals surface area (Å²) in [5.74, 6) is -0.152. The zero-order chi connectivity index (χ0) is 22.7. The topological polar surface area (TPSA) is 90.7 Å². The molecule has 0 fully saturated rings. The number of esters is 1. The lowest BCUT2D eigenvalue weighted by Gasteiger charge is -2.30. The molecular formula is C23H21N2O5PS. The van der Waals surface area contributed by atoms with Crippen molar-refractivity contribution in [1.82, 2.24) is 5.09 Å². The highest BCUT2D eigenvalue weighted by atomic mass is 32.4. The SMILES string of the molecule is CCOC(=O)[C@@H]1Oc2ccc([N+](=O)[O-])cc2[C@H]1NP(=S)(c1ccccc1)c1ccccc1. The molecule has 3 aromatic carbocycles. The van der Waals surface area contributed by atoms with E-state index in [0.717, 1.165) is 10.6 Å². The molecule has 7 nitrogen and oxygen atoms in total. The highest BCUT2D eigenvalue weighted by Gasteiger charge is 2.44. The largest absolute Gasteiger partial charge is 0.476 e. The Labute approximate surface area is 190 Å². The number of nitrogens with one attached hydrogen (secondary N) is 1. The van der Waals surface area contributed by atoms with E-state index in [9.17, 15) is 14.9 Å². The summed E-state index contributed by atoms with van der Waals surface area (Å²) in [4.78, 5) is 23.7. The number of fused-ring (bicyclic) bond motifs is 1. The van der Waals surface area contributed by atoms with Gasteiger partial charge in [-0.15, -0.1) is 0 Å². The molecule has 1 N–H and O–H groups in total. The molecule has 0 saturated heterocycles. The quantitative estimate of drug-likeness (QED) is 0.245. The van der Waals surface area contributed by atoms with E-state index < -0.39 is 29.2 Å². The number of nitro benzene ring substituents is 1. The number of nitro groups is 1. The van der Waals surface area contributed by atoms with E-state index >= 15 is 0 Å². The van der Waals surface area contributed by atoms with Gasteiger partial charge in [0.15, 0.2) is 0 Å². The molecule has 32 heavy (non-hydrogen) atoms. The third kappa shape index (κ3) is 4.17. The van der Waals surface area contributed by atoms with Crippen LogP contribution in [0, 0.1) is 10.1 Å². The maximum absolute atomic E-state index is 12.8. The molecule has 1 aliphatic rings. The number of nitrogens with zero attached hydrogens (tertiary/aromatic N) is 1. The summed E-state index contributed by atoms with van der Waals surface area (Å²) in [5, 5.41) is 16.7. The molecule has 9 heteroatoms. The molecule has 0 saturated carbocycles. The molecule has 0 radical (unpaired) electrons. The van der Waals surface area contributed by atoms with Crippen LogP contribution in [-0.2, 0) is 21.3 Å². The van der Waals surface area contributed by atoms with Crippen molar-refractivity contribution in [2.45, 2.75) is 19.1 Å². The summed E-state index contributed by atoms with van der Waals surface area (Å²) < 4.78 is 11.1. The first-order valence-corrected chi connectivity index (χ1v) is 12.8. The van der Waals surface area contributed by atoms with Crippen LogP contribution in [0.1, 0.15) is 18.5 Å². The summed E-state index contributed by atoms with van der Waals surface area (Å²) in [6, 6.07) is 22.8. The molecule has 0 amide bonds. The van der Waals surface area contributed by atoms with Gasteiger partial charge in [0.25, 0.3) is 5.69 Å². The van der Waals surface area contributed by atoms with Crippen LogP contribution in [0.2, 0.25) is 0 Å². The molecule has 164 valence electrons. The van der Waals surface area contributed by atoms with E-state index in [1.54, 1.807) is 6.92 Å². The predicted molar refractivity (Wildman–Crippen MR) is 126 cm³/mol. The van der Waals surface area contributed by atoms with Crippen LogP contribution in [0.4, 0.5) is 5.69 Å². The second-order valence-corrected chi connectivity index (χ2v) is 11.3. The van der Waals surface area contributed by atoms with Crippen molar-refractivity contribution in [3.63, 3.8) is 0 Å². The van der Waals surface area contributed by atoms with Gasteiger partial charge in [0.05, 0.1) is 23.8 Å². The van der Waals surface area contributed by atoms with Crippen molar-refractivity contribution in [3.8, 4) is 5.75 Å². The minimum absolute atomic E-state index is 0.0867. The van der Waals surface area contributed by atoms with Crippen molar-refractivity contribution >= 4 is 40.3 Å². The number of ether oxygens (including phenoxy) is 2. The van der Waals surface area contributed by atoms with Gasteiger partial charge in [0, 0.05) is 28.3 Å². The second kappa shape index (κ2) is 9.20. The highest BCUT2D eigenvalue weighted by Crippen LogP contribution is 2.48. The average Bonchev–Trinajstić information content (AvgIpc) is 3.17. The third-order valence-corrected chi connectivity index (χ3v) is 9.45. The third-order valence-electron chi connectivity index (χ3n) is 5.18. The molecular weight excluding hydrogens is 447 g/mol. The van der Waals surface area contributed by atoms with Crippen LogP contribution >= 0.6 is 6.19 Å². The Morgan fingerprint density at radius 1 is 1.09 bits per heavy atom. The number of benzene rings is 3. The number of carbonyl (C=O) groups excluding carboxylic acids is 1. The van der Waals surface area contributed by atoms with Crippen LogP contribution in [0.15, 0.2) is 78.9 Å². The molecule has 1 heterocycles. The Bertz CT molecular complexity index is 1150. The van der Waals surface area contributed by atoms with E-state index in [-0.39, 0.29) is 12.3 Å². The Hall–Kier alpha value is -3.06. The highest BCUT2D eigenvalue weighted by molar-refractivity contribution is 8.20. The average molecular weight is 468 g/mol. The minimum Gasteiger partial charge on any atom is -0.476 e. The fraction of sp³-hybridized carbons (Fsp3) is 0.174. The normalized spacial score (nSPS) is 17.3. The molecule has 0 unspecified atom stereocenters. The monoisotopic (exact) mass is 468 g/mol. The first-order chi connectivity index (χ1) is 15.4. The Balaban J connectivity index is 1.84. The Morgan fingerprint density at radius 3 is 2.22 bits per heavy atom. The molecule has 2 atom stereocenters. The van der Waals surface area contributed by atoms with Crippen molar-refractivity contribution in [1.29, 1.82) is 0 Å². The summed E-state index contributed by atoms with van der Waals surface area (Å²) in [5.41, 5.74) is 0.426. The van der Waals surface area contributed by atoms with Crippen LogP contribution in [-0.4, -0.2) is 23.6 Å². The zero-order valence-electron chi connectivity index (χ0n) is 17.2. The van der Waals surface area contributed by atoms with Crippen molar-refractivity contribution in [3.05, 3.63) is 94.5 Å². The van der Waals surface area contributed by atoms with Crippen LogP contribution in [0.25, 0.3) is 0 Å². The maximum atomic E-state index is 12.8. The Kier molecular flexibility index (Phi) is 6.37. The van der Waals surface area contributed by atoms with Crippen molar-refractivity contribution < 1.29 is 19.2 Å². The second-order valence-electron chi connectivity index (χ2n) is 7.16. The molecule has 0 aliphatic carbocycles. The van der Waals surface area contributed by atoms with Gasteiger partial charge in [0.1, 0.15) is 5.75 Å². The summed E-state index contributed by atoms with van der Waals surface area (Å²) in [6.07, 6.45) is -3.65. The smallest absolute Gasteiger partial charge is 0.349 e. The lowest BCUT2D eigenvalue weighted by molar-refractivity contribution is -0.384. The molecule has 1 aliphatic heterocycles. The standard InChI is InChI=1S/C23H21N2O5PS/c1-2-29-23(26)22-21(19-15-16(25(27)28)13-14-20(19)30-22)24-31(32,17-9-5-3-6-10-17)18-11-7-4-8-12-18/h3-15,21-22H,2H2,1H3,(H,24,32)/t21-,22-/m1/s1. The first kappa shape index (κ1) is 22.1. The predicted octanol–water partition coefficient (Wildman–Crippen LogP) is 3.60. The van der Waals surface area contributed by atoms with E-state index in [1.807, 2.05) is 60.7 Å². The fourth-order valence-electron chi connectivity index (χ4n) is 3.68. The lowest BCUT2D eigenvalue weighted by atomic mass is 10.0. The van der Waals surface area contributed by atoms with Crippen molar-refractivity contribution in [2.75, 3.05) is 6.61 Å². The number of hydrogen-bond acceptors (Lipinski definition) is 6. The molecule has 0 spiro atoms. The lowest BCUT2D eigenvalue weighted by Crippen LogP contribution is -2.40. The van der Waals surface area contributed by atoms with Gasteiger partial charge in [-0.25, -0.2) is 4.79 Å². The van der Waals surface area contributed by atoms with Gasteiger partial charge in [-0.05, 0) is 13.0 Å². The van der Waals surface area contributed by atoms with Crippen LogP contribution in [0.5, 0.6) is 5.75 Å². The summed E-state index contributed by atoms with van der Waals surface area (Å²) >= 11 is 6.25. The maximum Gasteiger partial charge on any atom is 0.349 e. The molecule has 0 bridgehead atoms. The zero-order valence-corrected chi connectivity index (χ0v) is 18.9. The van der Waals surface area contributed by atoms with E-state index in [1.165, 1.54) is 18.2 Å². The van der Waals surface area contributed by atoms with E-state index in [2.05, 4.69) is 5.09 Å². The van der Waals surface area contributed by atoms with Gasteiger partial charge in [-0.1, -0.05) is 72.5 Å². The number of non-ortho nitro benzene ring substituents is 1. The van der Waals surface area contributed by atoms with Gasteiger partial charge in [-0.2, -0.15) is 0 Å². The summed E-state index contributed by atoms with van der Waals surface area (Å²) in [6.45, 7) is 1.90. The van der Waals surface area contributed by atoms with Gasteiger partial charge in [-0.3, -0.25) is 15.2 Å². The number of carbonyl (C=O) groups is 1. The van der Waals surface area contributed by atoms with E-state index in [4.69, 9.17) is 21.3 Å². The molecule has 3 aromatic rings. The van der Waals surface area contributed by atoms with Gasteiger partial charge < -0.3 is 9.47 Å². The minimum atomic E-state index is -2.64.